The fourth-order valence-corrected chi connectivity index (χ4v) is 2.33. The number of likely N-dealkylation sites (N-methyl/N-ethyl adjacent to an activating group) is 1. The van der Waals surface area contributed by atoms with Crippen LogP contribution in [0.5, 0.6) is 0 Å². The van der Waals surface area contributed by atoms with Crippen molar-refractivity contribution in [1.29, 1.82) is 0 Å². The molecular weight excluding hydrogens is 290 g/mol. The average molecular weight is 326 g/mol. The third kappa shape index (κ3) is 20.1. The van der Waals surface area contributed by atoms with E-state index in [0.29, 0.717) is 6.54 Å². The number of ether oxygens (including phenoxy) is 1. The lowest BCUT2D eigenvalue weighted by molar-refractivity contribution is -0.886. The van der Waals surface area contributed by atoms with E-state index in [4.69, 9.17) is 14.9 Å². The molecule has 130 valence electrons. The summed E-state index contributed by atoms with van der Waals surface area (Å²) in [7, 11) is 1.97. The van der Waals surface area contributed by atoms with Crippen molar-refractivity contribution in [2.24, 2.45) is 0 Å². The maximum Gasteiger partial charge on any atom is 0.202 e. The SMILES string of the molecule is CCCCCCCCCCOCCC[NH+](C)CC(O)O.[Cl-]. The predicted molar refractivity (Wildman–Crippen MR) is 82.9 cm³/mol. The summed E-state index contributed by atoms with van der Waals surface area (Å²) in [5, 5.41) is 17.6. The van der Waals surface area contributed by atoms with E-state index in [1.807, 2.05) is 7.05 Å². The van der Waals surface area contributed by atoms with Gasteiger partial charge in [-0.3, -0.25) is 0 Å². The van der Waals surface area contributed by atoms with Gasteiger partial charge in [-0.15, -0.1) is 0 Å². The molecule has 0 bridgehead atoms. The van der Waals surface area contributed by atoms with Crippen molar-refractivity contribution in [1.82, 2.24) is 0 Å². The molecule has 0 aliphatic heterocycles. The third-order valence-electron chi connectivity index (χ3n) is 3.57. The van der Waals surface area contributed by atoms with E-state index in [0.717, 1.165) is 31.1 Å². The normalized spacial score (nSPS) is 12.4. The molecule has 4 nitrogen and oxygen atoms in total. The molecule has 0 saturated heterocycles. The molecule has 0 amide bonds. The molecular formula is C16H36ClNO3. The van der Waals surface area contributed by atoms with Crippen LogP contribution in [-0.4, -0.2) is 49.9 Å². The number of unbranched alkanes of at least 4 members (excludes halogenated alkanes) is 7. The largest absolute Gasteiger partial charge is 1.00 e. The summed E-state index contributed by atoms with van der Waals surface area (Å²) in [6.45, 7) is 5.22. The first-order chi connectivity index (χ1) is 9.66. The van der Waals surface area contributed by atoms with E-state index in [2.05, 4.69) is 6.92 Å². The van der Waals surface area contributed by atoms with Crippen LogP contribution < -0.4 is 17.3 Å². The van der Waals surface area contributed by atoms with Gasteiger partial charge in [-0.25, -0.2) is 0 Å². The van der Waals surface area contributed by atoms with Crippen molar-refractivity contribution in [2.45, 2.75) is 71.0 Å². The van der Waals surface area contributed by atoms with Gasteiger partial charge >= 0.3 is 0 Å². The van der Waals surface area contributed by atoms with Gasteiger partial charge in [-0.1, -0.05) is 51.9 Å². The lowest BCUT2D eigenvalue weighted by Gasteiger charge is -2.14. The number of rotatable bonds is 15. The van der Waals surface area contributed by atoms with Crippen LogP contribution in [0.1, 0.15) is 64.7 Å². The second-order valence-corrected chi connectivity index (χ2v) is 5.83. The Morgan fingerprint density at radius 1 is 0.857 bits per heavy atom. The Balaban J connectivity index is 0. The molecule has 0 saturated carbocycles. The molecule has 0 aromatic heterocycles. The molecule has 0 aliphatic rings. The van der Waals surface area contributed by atoms with Crippen LogP contribution >= 0.6 is 0 Å². The van der Waals surface area contributed by atoms with E-state index in [-0.39, 0.29) is 12.4 Å². The monoisotopic (exact) mass is 325 g/mol. The predicted octanol–water partition coefficient (Wildman–Crippen LogP) is -1.64. The highest BCUT2D eigenvalue weighted by Gasteiger charge is 2.06. The van der Waals surface area contributed by atoms with Gasteiger partial charge in [-0.05, 0) is 6.42 Å². The maximum absolute atomic E-state index is 8.82. The van der Waals surface area contributed by atoms with Crippen LogP contribution in [0.2, 0.25) is 0 Å². The van der Waals surface area contributed by atoms with E-state index in [1.165, 1.54) is 51.4 Å². The van der Waals surface area contributed by atoms with Gasteiger partial charge in [0.05, 0.1) is 20.2 Å². The minimum absolute atomic E-state index is 0. The summed E-state index contributed by atoms with van der Waals surface area (Å²) in [4.78, 5) is 1.13. The zero-order valence-electron chi connectivity index (χ0n) is 14.0. The minimum atomic E-state index is -1.20. The van der Waals surface area contributed by atoms with Gasteiger partial charge in [0.15, 0.2) is 0 Å². The van der Waals surface area contributed by atoms with Crippen LogP contribution in [0, 0.1) is 0 Å². The molecule has 0 radical (unpaired) electrons. The van der Waals surface area contributed by atoms with Gasteiger partial charge in [0.2, 0.25) is 6.29 Å². The van der Waals surface area contributed by atoms with Crippen LogP contribution in [0.3, 0.4) is 0 Å². The molecule has 0 rings (SSSR count). The highest BCUT2D eigenvalue weighted by atomic mass is 35.5. The number of aliphatic hydroxyl groups is 2. The van der Waals surface area contributed by atoms with Crippen LogP contribution in [0.25, 0.3) is 0 Å². The highest BCUT2D eigenvalue weighted by molar-refractivity contribution is 4.46. The second kappa shape index (κ2) is 18.2. The van der Waals surface area contributed by atoms with Crippen molar-refractivity contribution in [3.63, 3.8) is 0 Å². The van der Waals surface area contributed by atoms with Gasteiger partial charge in [0.25, 0.3) is 0 Å². The van der Waals surface area contributed by atoms with Gasteiger partial charge in [0.1, 0.15) is 6.54 Å². The molecule has 3 N–H and O–H groups in total. The molecule has 0 aliphatic carbocycles. The lowest BCUT2D eigenvalue weighted by atomic mass is 10.1. The maximum atomic E-state index is 8.82. The standard InChI is InChI=1S/C16H35NO3.ClH/c1-3-4-5-6-7-8-9-10-13-20-14-11-12-17(2)15-16(18)19;/h16,18-19H,3-15H2,1-2H3;1H. The van der Waals surface area contributed by atoms with Crippen LogP contribution in [-0.2, 0) is 4.74 Å². The van der Waals surface area contributed by atoms with Crippen molar-refractivity contribution in [3.8, 4) is 0 Å². The van der Waals surface area contributed by atoms with Crippen LogP contribution in [0.4, 0.5) is 0 Å². The average Bonchev–Trinajstić information content (AvgIpc) is 2.39. The summed E-state index contributed by atoms with van der Waals surface area (Å²) >= 11 is 0. The number of aliphatic hydroxyl groups excluding tert-OH is 1. The summed E-state index contributed by atoms with van der Waals surface area (Å²) in [6, 6.07) is 0. The Morgan fingerprint density at radius 2 is 1.38 bits per heavy atom. The zero-order valence-corrected chi connectivity index (χ0v) is 14.7. The smallest absolute Gasteiger partial charge is 0.202 e. The summed E-state index contributed by atoms with van der Waals surface area (Å²) < 4.78 is 5.60. The molecule has 0 spiro atoms. The number of hydrogen-bond acceptors (Lipinski definition) is 3. The first-order valence-electron chi connectivity index (χ1n) is 8.42. The van der Waals surface area contributed by atoms with Crippen molar-refractivity contribution in [2.75, 3.05) is 33.4 Å². The van der Waals surface area contributed by atoms with E-state index >= 15 is 0 Å². The number of halogens is 1. The summed E-state index contributed by atoms with van der Waals surface area (Å²) in [5.41, 5.74) is 0. The van der Waals surface area contributed by atoms with Crippen molar-refractivity contribution in [3.05, 3.63) is 0 Å². The second-order valence-electron chi connectivity index (χ2n) is 5.83. The van der Waals surface area contributed by atoms with Crippen molar-refractivity contribution < 1.29 is 32.3 Å². The third-order valence-corrected chi connectivity index (χ3v) is 3.57. The molecule has 5 heteroatoms. The molecule has 0 aromatic carbocycles. The quantitative estimate of drug-likeness (QED) is 0.250. The highest BCUT2D eigenvalue weighted by Crippen LogP contribution is 2.08. The van der Waals surface area contributed by atoms with E-state index < -0.39 is 6.29 Å². The molecule has 0 aromatic rings. The summed E-state index contributed by atoms with van der Waals surface area (Å²) in [6.07, 6.45) is 10.4. The number of nitrogens with one attached hydrogen (secondary N) is 1. The first-order valence-corrected chi connectivity index (χ1v) is 8.42. The first kappa shape index (κ1) is 23.4. The molecule has 0 heterocycles. The summed E-state index contributed by atoms with van der Waals surface area (Å²) in [5.74, 6) is 0. The molecule has 21 heavy (non-hydrogen) atoms. The molecule has 1 unspecified atom stereocenters. The Labute approximate surface area is 137 Å². The van der Waals surface area contributed by atoms with Crippen LogP contribution in [0.15, 0.2) is 0 Å². The number of quaternary nitrogens is 1. The molecule has 0 fully saturated rings. The van der Waals surface area contributed by atoms with E-state index in [1.54, 1.807) is 0 Å². The van der Waals surface area contributed by atoms with Gasteiger partial charge in [0, 0.05) is 13.0 Å². The topological polar surface area (TPSA) is 54.1 Å². The van der Waals surface area contributed by atoms with Crippen molar-refractivity contribution >= 4 is 0 Å². The Morgan fingerprint density at radius 3 is 1.95 bits per heavy atom. The minimum Gasteiger partial charge on any atom is -1.00 e. The fraction of sp³-hybridized carbons (Fsp3) is 1.00. The van der Waals surface area contributed by atoms with E-state index in [9.17, 15) is 0 Å². The zero-order chi connectivity index (χ0) is 15.1. The molecule has 1 atom stereocenters. The Kier molecular flexibility index (Phi) is 20.3. The Hall–Kier alpha value is 0.130. The van der Waals surface area contributed by atoms with Gasteiger partial charge < -0.3 is 32.3 Å². The lowest BCUT2D eigenvalue weighted by Crippen LogP contribution is -3.10. The Bertz CT molecular complexity index is 194. The fourth-order valence-electron chi connectivity index (χ4n) is 2.33. The van der Waals surface area contributed by atoms with Gasteiger partial charge in [-0.2, -0.15) is 0 Å². The number of hydrogen-bond donors (Lipinski definition) is 3.